The van der Waals surface area contributed by atoms with E-state index in [-0.39, 0.29) is 12.2 Å². The molecule has 0 rings (SSSR count). The maximum atomic E-state index is 12.8. The largest absolute Gasteiger partial charge is 0.446 e. The van der Waals surface area contributed by atoms with Gasteiger partial charge in [0.2, 0.25) is 0 Å². The number of nitrogens with zero attached hydrogens (tertiary/aromatic N) is 2. The van der Waals surface area contributed by atoms with E-state index in [1.165, 1.54) is 128 Å². The van der Waals surface area contributed by atoms with Gasteiger partial charge in [0.1, 0.15) is 6.10 Å². The van der Waals surface area contributed by atoms with Gasteiger partial charge >= 0.3 is 6.09 Å². The third kappa shape index (κ3) is 35.3. The minimum atomic E-state index is -0.156. The lowest BCUT2D eigenvalue weighted by Crippen LogP contribution is -2.36. The smallest absolute Gasteiger partial charge is 0.409 e. The fourth-order valence-electron chi connectivity index (χ4n) is 5.66. The van der Waals surface area contributed by atoms with Crippen molar-refractivity contribution in [2.75, 3.05) is 34.2 Å². The lowest BCUT2D eigenvalue weighted by molar-refractivity contribution is 0.0571. The summed E-state index contributed by atoms with van der Waals surface area (Å²) in [6.07, 6.45) is 50.8. The number of allylic oxidation sites excluding steroid dienone is 8. The molecule has 0 atom stereocenters. The summed E-state index contributed by atoms with van der Waals surface area (Å²) in [5.74, 6) is 0. The van der Waals surface area contributed by atoms with Gasteiger partial charge in [-0.25, -0.2) is 4.79 Å². The molecule has 0 aromatic heterocycles. The lowest BCUT2D eigenvalue weighted by atomic mass is 10.0. The molecular weight excluding hydrogens is 576 g/mol. The van der Waals surface area contributed by atoms with Crippen molar-refractivity contribution in [3.8, 4) is 0 Å². The van der Waals surface area contributed by atoms with E-state index in [2.05, 4.69) is 67.4 Å². The summed E-state index contributed by atoms with van der Waals surface area (Å²) in [6.45, 7) is 6.08. The molecule has 0 heterocycles. The molecule has 0 radical (unpaired) electrons. The Morgan fingerprint density at radius 2 is 0.851 bits per heavy atom. The van der Waals surface area contributed by atoms with E-state index in [1.807, 2.05) is 21.1 Å². The first-order chi connectivity index (χ1) is 23.0. The normalized spacial score (nSPS) is 12.3. The van der Waals surface area contributed by atoms with Crippen molar-refractivity contribution in [2.45, 2.75) is 187 Å². The Labute approximate surface area is 294 Å². The summed E-state index contributed by atoms with van der Waals surface area (Å²) >= 11 is 0. The molecule has 0 unspecified atom stereocenters. The number of amides is 1. The second-order valence-electron chi connectivity index (χ2n) is 14.0. The summed E-state index contributed by atoms with van der Waals surface area (Å²) in [6, 6.07) is 0. The fourth-order valence-corrected chi connectivity index (χ4v) is 5.66. The van der Waals surface area contributed by atoms with E-state index >= 15 is 0 Å². The average Bonchev–Trinajstić information content (AvgIpc) is 3.06. The minimum absolute atomic E-state index is 0.0565. The highest BCUT2D eigenvalue weighted by Gasteiger charge is 2.17. The molecule has 0 aromatic rings. The summed E-state index contributed by atoms with van der Waals surface area (Å²) in [7, 11) is 5.95. The quantitative estimate of drug-likeness (QED) is 0.0510. The van der Waals surface area contributed by atoms with Crippen molar-refractivity contribution in [2.24, 2.45) is 0 Å². The van der Waals surface area contributed by atoms with Gasteiger partial charge in [-0.15, -0.1) is 0 Å². The van der Waals surface area contributed by atoms with Crippen LogP contribution in [0.3, 0.4) is 0 Å². The molecule has 0 aliphatic carbocycles. The molecule has 0 saturated carbocycles. The first kappa shape index (κ1) is 45.2. The standard InChI is InChI=1S/C43H80N2O2/c1-6-8-10-12-14-16-18-20-22-24-26-28-30-32-34-36-38-42(47-43(46)45(5)41-40-44(3)4)39-37-35-33-31-29-27-25-23-21-19-17-15-13-11-9-7-2/h14-17,20-23,42H,6-13,18-19,24-41H2,1-5H3/b16-14+,17-15+,22-20+,23-21+. The SMILES string of the molecule is CCCCC/C=C/C/C=C/CCCCCCCCC(CCCCCCCC/C=C/C/C=C/CCCCC)OC(=O)N(C)CCN(C)C. The molecule has 1 amide bonds. The Morgan fingerprint density at radius 1 is 0.489 bits per heavy atom. The van der Waals surface area contributed by atoms with Gasteiger partial charge < -0.3 is 14.5 Å². The Balaban J connectivity index is 4.13. The molecule has 0 fully saturated rings. The van der Waals surface area contributed by atoms with Crippen LogP contribution < -0.4 is 0 Å². The van der Waals surface area contributed by atoms with E-state index in [0.717, 1.165) is 45.1 Å². The van der Waals surface area contributed by atoms with Crippen LogP contribution >= 0.6 is 0 Å². The van der Waals surface area contributed by atoms with Crippen molar-refractivity contribution in [3.05, 3.63) is 48.6 Å². The van der Waals surface area contributed by atoms with Crippen LogP contribution in [0.1, 0.15) is 181 Å². The van der Waals surface area contributed by atoms with Gasteiger partial charge in [-0.3, -0.25) is 0 Å². The van der Waals surface area contributed by atoms with Crippen molar-refractivity contribution in [1.29, 1.82) is 0 Å². The third-order valence-corrected chi connectivity index (χ3v) is 8.92. The highest BCUT2D eigenvalue weighted by Crippen LogP contribution is 2.18. The van der Waals surface area contributed by atoms with E-state index in [0.29, 0.717) is 6.54 Å². The Bertz CT molecular complexity index is 722. The molecule has 47 heavy (non-hydrogen) atoms. The van der Waals surface area contributed by atoms with Crippen LogP contribution in [0.15, 0.2) is 48.6 Å². The molecule has 4 nitrogen and oxygen atoms in total. The van der Waals surface area contributed by atoms with Gasteiger partial charge in [0.25, 0.3) is 0 Å². The van der Waals surface area contributed by atoms with Gasteiger partial charge in [0.15, 0.2) is 0 Å². The summed E-state index contributed by atoms with van der Waals surface area (Å²) in [5.41, 5.74) is 0. The zero-order valence-corrected chi connectivity index (χ0v) is 32.2. The number of rotatable bonds is 34. The Kier molecular flexibility index (Phi) is 35.6. The van der Waals surface area contributed by atoms with Crippen LogP contribution in [0.25, 0.3) is 0 Å². The number of unbranched alkanes of at least 4 members (excludes halogenated alkanes) is 18. The highest BCUT2D eigenvalue weighted by molar-refractivity contribution is 5.67. The minimum Gasteiger partial charge on any atom is -0.446 e. The predicted octanol–water partition coefficient (Wildman–Crippen LogP) is 13.4. The maximum Gasteiger partial charge on any atom is 0.409 e. The number of hydrogen-bond donors (Lipinski definition) is 0. The molecule has 0 saturated heterocycles. The van der Waals surface area contributed by atoms with Crippen LogP contribution in [0.5, 0.6) is 0 Å². The van der Waals surface area contributed by atoms with E-state index in [1.54, 1.807) is 4.90 Å². The van der Waals surface area contributed by atoms with Crippen LogP contribution in [0.2, 0.25) is 0 Å². The van der Waals surface area contributed by atoms with Gasteiger partial charge in [0.05, 0.1) is 0 Å². The first-order valence-electron chi connectivity index (χ1n) is 20.2. The van der Waals surface area contributed by atoms with E-state index in [4.69, 9.17) is 4.74 Å². The molecule has 274 valence electrons. The van der Waals surface area contributed by atoms with Crippen molar-refractivity contribution < 1.29 is 9.53 Å². The van der Waals surface area contributed by atoms with Crippen molar-refractivity contribution >= 4 is 6.09 Å². The number of carbonyl (C=O) groups is 1. The topological polar surface area (TPSA) is 32.8 Å². The summed E-state index contributed by atoms with van der Waals surface area (Å²) < 4.78 is 6.04. The number of ether oxygens (including phenoxy) is 1. The van der Waals surface area contributed by atoms with Crippen LogP contribution in [0, 0.1) is 0 Å². The molecule has 0 aliphatic heterocycles. The third-order valence-electron chi connectivity index (χ3n) is 8.92. The van der Waals surface area contributed by atoms with Gasteiger partial charge in [-0.1, -0.05) is 140 Å². The van der Waals surface area contributed by atoms with Gasteiger partial charge in [-0.2, -0.15) is 0 Å². The maximum absolute atomic E-state index is 12.8. The second kappa shape index (κ2) is 37.0. The molecule has 0 bridgehead atoms. The molecule has 0 N–H and O–H groups in total. The second-order valence-corrected chi connectivity index (χ2v) is 14.0. The number of likely N-dealkylation sites (N-methyl/N-ethyl adjacent to an activating group) is 2. The monoisotopic (exact) mass is 657 g/mol. The van der Waals surface area contributed by atoms with Crippen molar-refractivity contribution in [1.82, 2.24) is 9.80 Å². The average molecular weight is 657 g/mol. The number of hydrogen-bond acceptors (Lipinski definition) is 3. The number of carbonyl (C=O) groups excluding carboxylic acids is 1. The van der Waals surface area contributed by atoms with Gasteiger partial charge in [0, 0.05) is 20.1 Å². The van der Waals surface area contributed by atoms with Crippen molar-refractivity contribution in [3.63, 3.8) is 0 Å². The summed E-state index contributed by atoms with van der Waals surface area (Å²) in [4.78, 5) is 16.6. The lowest BCUT2D eigenvalue weighted by Gasteiger charge is -2.24. The summed E-state index contributed by atoms with van der Waals surface area (Å²) in [5, 5.41) is 0. The van der Waals surface area contributed by atoms with Gasteiger partial charge in [-0.05, 0) is 104 Å². The van der Waals surface area contributed by atoms with E-state index < -0.39 is 0 Å². The first-order valence-corrected chi connectivity index (χ1v) is 20.2. The Morgan fingerprint density at radius 3 is 1.23 bits per heavy atom. The van der Waals surface area contributed by atoms with E-state index in [9.17, 15) is 4.79 Å². The highest BCUT2D eigenvalue weighted by atomic mass is 16.6. The molecule has 0 aromatic carbocycles. The fraction of sp³-hybridized carbons (Fsp3) is 0.791. The van der Waals surface area contributed by atoms with Crippen LogP contribution in [-0.2, 0) is 4.74 Å². The van der Waals surface area contributed by atoms with Crippen LogP contribution in [-0.4, -0.2) is 56.2 Å². The molecular formula is C43H80N2O2. The zero-order valence-electron chi connectivity index (χ0n) is 32.2. The predicted molar refractivity (Wildman–Crippen MR) is 209 cm³/mol. The zero-order chi connectivity index (χ0) is 34.5. The molecule has 4 heteroatoms. The van der Waals surface area contributed by atoms with Crippen LogP contribution in [0.4, 0.5) is 4.79 Å². The molecule has 0 spiro atoms. The molecule has 0 aliphatic rings. The Hall–Kier alpha value is -1.81.